The van der Waals surface area contributed by atoms with Gasteiger partial charge in [0.1, 0.15) is 5.75 Å². The van der Waals surface area contributed by atoms with E-state index in [0.717, 1.165) is 22.4 Å². The van der Waals surface area contributed by atoms with Crippen molar-refractivity contribution in [3.05, 3.63) is 59.2 Å². The molecule has 0 fully saturated rings. The van der Waals surface area contributed by atoms with Gasteiger partial charge < -0.3 is 10.4 Å². The van der Waals surface area contributed by atoms with Crippen molar-refractivity contribution in [2.24, 2.45) is 0 Å². The molecule has 2 rings (SSSR count). The number of hydrogen-bond donors (Lipinski definition) is 2. The lowest BCUT2D eigenvalue weighted by Gasteiger charge is -2.17. The third kappa shape index (κ3) is 3.30. The van der Waals surface area contributed by atoms with Crippen molar-refractivity contribution in [2.75, 3.05) is 5.32 Å². The van der Waals surface area contributed by atoms with Crippen molar-refractivity contribution in [1.29, 1.82) is 5.26 Å². The van der Waals surface area contributed by atoms with Crippen LogP contribution in [0.5, 0.6) is 5.75 Å². The van der Waals surface area contributed by atoms with Crippen molar-refractivity contribution in [3.63, 3.8) is 0 Å². The minimum atomic E-state index is 0.0108. The van der Waals surface area contributed by atoms with E-state index >= 15 is 0 Å². The number of benzene rings is 2. The van der Waals surface area contributed by atoms with E-state index < -0.39 is 0 Å². The Morgan fingerprint density at radius 1 is 1.20 bits per heavy atom. The fraction of sp³-hybridized carbons (Fsp3) is 0.235. The maximum absolute atomic E-state index is 9.92. The van der Waals surface area contributed by atoms with Crippen molar-refractivity contribution in [3.8, 4) is 11.8 Å². The molecular weight excluding hydrogens is 248 g/mol. The van der Waals surface area contributed by atoms with Gasteiger partial charge in [-0.25, -0.2) is 0 Å². The molecule has 2 aromatic rings. The maximum Gasteiger partial charge on any atom is 0.120 e. The Morgan fingerprint density at radius 2 is 1.90 bits per heavy atom. The van der Waals surface area contributed by atoms with E-state index in [1.807, 2.05) is 50.2 Å². The Balaban J connectivity index is 2.13. The first-order valence-electron chi connectivity index (χ1n) is 6.62. The second-order valence-electron chi connectivity index (χ2n) is 4.96. The molecule has 20 heavy (non-hydrogen) atoms. The first-order chi connectivity index (χ1) is 9.60. The molecule has 0 bridgehead atoms. The zero-order valence-electron chi connectivity index (χ0n) is 11.7. The van der Waals surface area contributed by atoms with E-state index in [4.69, 9.17) is 5.26 Å². The standard InChI is InChI=1S/C17H18N2O/c1-12-3-8-17(20)16(11-12)13(2)19-15-6-4-14(5-7-15)9-10-18/h3-8,11,13,19-20H,9H2,1-2H3. The molecule has 0 amide bonds. The molecule has 0 aliphatic heterocycles. The molecule has 0 heterocycles. The van der Waals surface area contributed by atoms with Crippen LogP contribution in [0.3, 0.4) is 0 Å². The van der Waals surface area contributed by atoms with E-state index in [-0.39, 0.29) is 6.04 Å². The summed E-state index contributed by atoms with van der Waals surface area (Å²) in [6.07, 6.45) is 0.425. The molecule has 0 aliphatic carbocycles. The number of nitrogens with one attached hydrogen (secondary N) is 1. The third-order valence-corrected chi connectivity index (χ3v) is 3.27. The van der Waals surface area contributed by atoms with E-state index in [2.05, 4.69) is 11.4 Å². The number of anilines is 1. The highest BCUT2D eigenvalue weighted by Gasteiger charge is 2.10. The number of phenolic OH excluding ortho intramolecular Hbond substituents is 1. The highest BCUT2D eigenvalue weighted by atomic mass is 16.3. The van der Waals surface area contributed by atoms with Gasteiger partial charge in [0.15, 0.2) is 0 Å². The number of nitriles is 1. The van der Waals surface area contributed by atoms with Gasteiger partial charge in [-0.15, -0.1) is 0 Å². The van der Waals surface area contributed by atoms with Gasteiger partial charge in [-0.3, -0.25) is 0 Å². The fourth-order valence-electron chi connectivity index (χ4n) is 2.16. The van der Waals surface area contributed by atoms with Gasteiger partial charge in [0.05, 0.1) is 18.5 Å². The summed E-state index contributed by atoms with van der Waals surface area (Å²) >= 11 is 0. The first kappa shape index (κ1) is 14.0. The average Bonchev–Trinajstić information content (AvgIpc) is 2.44. The summed E-state index contributed by atoms with van der Waals surface area (Å²) in [5.74, 6) is 0.303. The van der Waals surface area contributed by atoms with E-state index in [9.17, 15) is 5.11 Å². The van der Waals surface area contributed by atoms with Crippen LogP contribution in [0, 0.1) is 18.3 Å². The summed E-state index contributed by atoms with van der Waals surface area (Å²) in [5, 5.41) is 21.9. The maximum atomic E-state index is 9.92. The lowest BCUT2D eigenvalue weighted by Crippen LogP contribution is -2.07. The molecule has 102 valence electrons. The summed E-state index contributed by atoms with van der Waals surface area (Å²) in [5.41, 5.74) is 3.98. The van der Waals surface area contributed by atoms with Crippen LogP contribution in [0.2, 0.25) is 0 Å². The molecule has 1 atom stereocenters. The summed E-state index contributed by atoms with van der Waals surface area (Å²) < 4.78 is 0. The molecule has 0 spiro atoms. The lowest BCUT2D eigenvalue weighted by molar-refractivity contribution is 0.465. The molecule has 0 aromatic heterocycles. The molecule has 0 radical (unpaired) electrons. The van der Waals surface area contributed by atoms with Crippen molar-refractivity contribution < 1.29 is 5.11 Å². The van der Waals surface area contributed by atoms with E-state index in [0.29, 0.717) is 12.2 Å². The average molecular weight is 266 g/mol. The van der Waals surface area contributed by atoms with Gasteiger partial charge in [0.25, 0.3) is 0 Å². The van der Waals surface area contributed by atoms with Gasteiger partial charge in [-0.2, -0.15) is 5.26 Å². The SMILES string of the molecule is Cc1ccc(O)c(C(C)Nc2ccc(CC#N)cc2)c1. The minimum Gasteiger partial charge on any atom is -0.508 e. The lowest BCUT2D eigenvalue weighted by atomic mass is 10.0. The Kier molecular flexibility index (Phi) is 4.27. The molecular formula is C17H18N2O. The zero-order chi connectivity index (χ0) is 14.5. The number of aromatic hydroxyl groups is 1. The molecule has 0 saturated heterocycles. The van der Waals surface area contributed by atoms with Gasteiger partial charge >= 0.3 is 0 Å². The van der Waals surface area contributed by atoms with Crippen LogP contribution < -0.4 is 5.32 Å². The quantitative estimate of drug-likeness (QED) is 0.881. The summed E-state index contributed by atoms with van der Waals surface area (Å²) in [7, 11) is 0. The molecule has 0 saturated carbocycles. The number of phenols is 1. The highest BCUT2D eigenvalue weighted by molar-refractivity contribution is 5.49. The van der Waals surface area contributed by atoms with Gasteiger partial charge in [-0.05, 0) is 37.6 Å². The number of rotatable bonds is 4. The minimum absolute atomic E-state index is 0.0108. The smallest absolute Gasteiger partial charge is 0.120 e. The van der Waals surface area contributed by atoms with Gasteiger partial charge in [0, 0.05) is 11.3 Å². The van der Waals surface area contributed by atoms with Gasteiger partial charge in [-0.1, -0.05) is 29.8 Å². The Hall–Kier alpha value is -2.47. The van der Waals surface area contributed by atoms with Crippen molar-refractivity contribution in [1.82, 2.24) is 0 Å². The van der Waals surface area contributed by atoms with E-state index in [1.165, 1.54) is 0 Å². The molecule has 2 aromatic carbocycles. The predicted octanol–water partition coefficient (Wildman–Crippen LogP) is 3.94. The van der Waals surface area contributed by atoms with Crippen LogP contribution in [0.25, 0.3) is 0 Å². The largest absolute Gasteiger partial charge is 0.508 e. The van der Waals surface area contributed by atoms with Crippen molar-refractivity contribution >= 4 is 5.69 Å². The third-order valence-electron chi connectivity index (χ3n) is 3.27. The molecule has 2 N–H and O–H groups in total. The Labute approximate surface area is 119 Å². The normalized spacial score (nSPS) is 11.7. The second kappa shape index (κ2) is 6.12. The van der Waals surface area contributed by atoms with Crippen LogP contribution >= 0.6 is 0 Å². The summed E-state index contributed by atoms with van der Waals surface area (Å²) in [4.78, 5) is 0. The van der Waals surface area contributed by atoms with Gasteiger partial charge in [0.2, 0.25) is 0 Å². The molecule has 1 unspecified atom stereocenters. The number of hydrogen-bond acceptors (Lipinski definition) is 3. The van der Waals surface area contributed by atoms with Crippen LogP contribution in [0.15, 0.2) is 42.5 Å². The predicted molar refractivity (Wildman–Crippen MR) is 80.6 cm³/mol. The summed E-state index contributed by atoms with van der Waals surface area (Å²) in [6, 6.07) is 15.5. The summed E-state index contributed by atoms with van der Waals surface area (Å²) in [6.45, 7) is 4.02. The van der Waals surface area contributed by atoms with Crippen LogP contribution in [0.1, 0.15) is 29.7 Å². The number of aryl methyl sites for hydroxylation is 1. The Morgan fingerprint density at radius 3 is 2.55 bits per heavy atom. The topological polar surface area (TPSA) is 56.0 Å². The second-order valence-corrected chi connectivity index (χ2v) is 4.96. The van der Waals surface area contributed by atoms with E-state index in [1.54, 1.807) is 6.07 Å². The van der Waals surface area contributed by atoms with Crippen LogP contribution in [-0.4, -0.2) is 5.11 Å². The molecule has 3 heteroatoms. The molecule has 3 nitrogen and oxygen atoms in total. The number of nitrogens with zero attached hydrogens (tertiary/aromatic N) is 1. The monoisotopic (exact) mass is 266 g/mol. The highest BCUT2D eigenvalue weighted by Crippen LogP contribution is 2.27. The van der Waals surface area contributed by atoms with Crippen LogP contribution in [0.4, 0.5) is 5.69 Å². The molecule has 0 aliphatic rings. The van der Waals surface area contributed by atoms with Crippen molar-refractivity contribution in [2.45, 2.75) is 26.3 Å². The Bertz CT molecular complexity index is 626. The fourth-order valence-corrected chi connectivity index (χ4v) is 2.16. The zero-order valence-corrected chi connectivity index (χ0v) is 11.7. The van der Waals surface area contributed by atoms with Crippen LogP contribution in [-0.2, 0) is 6.42 Å². The first-order valence-corrected chi connectivity index (χ1v) is 6.62.